The third-order valence-electron chi connectivity index (χ3n) is 4.36. The van der Waals surface area contributed by atoms with Gasteiger partial charge in [0.15, 0.2) is 0 Å². The number of hydrogen-bond acceptors (Lipinski definition) is 4. The van der Waals surface area contributed by atoms with Crippen LogP contribution in [0.1, 0.15) is 13.3 Å². The van der Waals surface area contributed by atoms with Crippen LogP contribution in [0.25, 0.3) is 0 Å². The Hall–Kier alpha value is -1.76. The average molecular weight is 432 g/mol. The van der Waals surface area contributed by atoms with Crippen molar-refractivity contribution in [3.63, 3.8) is 0 Å². The fraction of sp³-hybridized carbons (Fsp3) is 0.368. The van der Waals surface area contributed by atoms with Crippen molar-refractivity contribution >= 4 is 15.9 Å². The summed E-state index contributed by atoms with van der Waals surface area (Å²) in [6, 6.07) is 17.3. The topological polar surface area (TPSA) is 44.8 Å². The van der Waals surface area contributed by atoms with Crippen LogP contribution in [-0.4, -0.2) is 20.5 Å². The molecule has 0 aliphatic heterocycles. The monoisotopic (exact) mass is 432 g/mol. The molecule has 0 aromatic heterocycles. The lowest BCUT2D eigenvalue weighted by Gasteiger charge is -2.28. The van der Waals surface area contributed by atoms with E-state index in [9.17, 15) is 17.7 Å². The third-order valence-corrected chi connectivity index (χ3v) is 9.92. The smallest absolute Gasteiger partial charge is 0.395 e. The van der Waals surface area contributed by atoms with Crippen LogP contribution < -0.4 is 9.05 Å². The lowest BCUT2D eigenvalue weighted by atomic mass is 10.3. The van der Waals surface area contributed by atoms with Gasteiger partial charge >= 0.3 is 14.0 Å². The lowest BCUT2D eigenvalue weighted by Crippen LogP contribution is -2.37. The summed E-state index contributed by atoms with van der Waals surface area (Å²) in [5.74, 6) is 0.578. The van der Waals surface area contributed by atoms with E-state index < -0.39 is 28.5 Å². The zero-order valence-electron chi connectivity index (χ0n) is 15.8. The number of phosphoric ester groups is 1. The summed E-state index contributed by atoms with van der Waals surface area (Å²) < 4.78 is 67.8. The highest BCUT2D eigenvalue weighted by molar-refractivity contribution is 7.49. The van der Waals surface area contributed by atoms with Crippen molar-refractivity contribution in [2.75, 3.05) is 6.23 Å². The molecule has 9 heteroatoms. The normalized spacial score (nSPS) is 14.3. The summed E-state index contributed by atoms with van der Waals surface area (Å²) in [6.07, 6.45) is -5.17. The molecule has 2 rings (SSSR count). The summed E-state index contributed by atoms with van der Waals surface area (Å²) in [6.45, 7) is 3.63. The molecular formula is C19H24F3O4PSi. The predicted octanol–water partition coefficient (Wildman–Crippen LogP) is 6.86. The Morgan fingerprint density at radius 3 is 1.79 bits per heavy atom. The maximum absolute atomic E-state index is 13.2. The number of para-hydroxylation sites is 2. The highest BCUT2D eigenvalue weighted by Gasteiger charge is 2.38. The van der Waals surface area contributed by atoms with Crippen LogP contribution in [0, 0.1) is 0 Å². The van der Waals surface area contributed by atoms with E-state index in [1.807, 2.05) is 6.92 Å². The molecule has 28 heavy (non-hydrogen) atoms. The number of phosphoric acid groups is 1. The van der Waals surface area contributed by atoms with Crippen LogP contribution in [0.4, 0.5) is 13.2 Å². The molecule has 1 unspecified atom stereocenters. The zero-order valence-corrected chi connectivity index (χ0v) is 17.7. The van der Waals surface area contributed by atoms with E-state index in [1.165, 1.54) is 0 Å². The largest absolute Gasteiger partial charge is 0.587 e. The van der Waals surface area contributed by atoms with E-state index in [1.54, 1.807) is 67.2 Å². The fourth-order valence-corrected chi connectivity index (χ4v) is 6.69. The van der Waals surface area contributed by atoms with Crippen LogP contribution in [0.2, 0.25) is 18.6 Å². The Morgan fingerprint density at radius 2 is 1.39 bits per heavy atom. The number of halogens is 3. The first-order valence-electron chi connectivity index (χ1n) is 8.94. The second kappa shape index (κ2) is 9.63. The molecule has 2 aromatic carbocycles. The van der Waals surface area contributed by atoms with E-state index in [4.69, 9.17) is 13.6 Å². The van der Waals surface area contributed by atoms with Gasteiger partial charge in [0.25, 0.3) is 0 Å². The molecule has 0 fully saturated rings. The molecular weight excluding hydrogens is 408 g/mol. The molecule has 0 aliphatic carbocycles. The summed E-state index contributed by atoms with van der Waals surface area (Å²) in [5, 5.41) is 0. The van der Waals surface area contributed by atoms with Crippen molar-refractivity contribution in [1.29, 1.82) is 0 Å². The van der Waals surface area contributed by atoms with Crippen molar-refractivity contribution in [2.45, 2.75) is 38.2 Å². The van der Waals surface area contributed by atoms with Gasteiger partial charge in [-0.25, -0.2) is 4.57 Å². The molecule has 0 heterocycles. The molecule has 0 N–H and O–H groups in total. The molecule has 0 radical (unpaired) electrons. The quantitative estimate of drug-likeness (QED) is 0.304. The minimum Gasteiger partial charge on any atom is -0.395 e. The molecule has 0 spiro atoms. The van der Waals surface area contributed by atoms with Crippen molar-refractivity contribution in [3.8, 4) is 11.5 Å². The maximum atomic E-state index is 13.2. The number of rotatable bonds is 10. The number of alkyl halides is 3. The van der Waals surface area contributed by atoms with Gasteiger partial charge in [0.05, 0.1) is 14.3 Å². The van der Waals surface area contributed by atoms with Gasteiger partial charge in [-0.2, -0.15) is 13.2 Å². The Balaban J connectivity index is 2.15. The SMILES string of the molecule is CC[Si](C)(CCC(F)(F)F)COP(=O)(Oc1ccccc1)Oc1ccccc1. The van der Waals surface area contributed by atoms with Gasteiger partial charge in [0.2, 0.25) is 0 Å². The molecule has 0 amide bonds. The van der Waals surface area contributed by atoms with Gasteiger partial charge in [-0.3, -0.25) is 4.52 Å². The summed E-state index contributed by atoms with van der Waals surface area (Å²) in [5.41, 5.74) is 0. The molecule has 0 saturated heterocycles. The first-order valence-corrected chi connectivity index (χ1v) is 13.5. The molecule has 4 nitrogen and oxygen atoms in total. The van der Waals surface area contributed by atoms with Crippen LogP contribution in [0.5, 0.6) is 11.5 Å². The van der Waals surface area contributed by atoms with E-state index in [2.05, 4.69) is 0 Å². The first kappa shape index (κ1) is 22.5. The van der Waals surface area contributed by atoms with Crippen LogP contribution in [0.15, 0.2) is 60.7 Å². The van der Waals surface area contributed by atoms with Crippen LogP contribution >= 0.6 is 7.82 Å². The standard InChI is InChI=1S/C19H24F3O4PSi/c1-3-28(2,15-14-19(20,21)22)16-24-27(23,25-17-10-6-4-7-11-17)26-18-12-8-5-9-13-18/h4-13H,3,14-16H2,1-2H3. The number of hydrogen-bond donors (Lipinski definition) is 0. The fourth-order valence-electron chi connectivity index (χ4n) is 2.32. The first-order chi connectivity index (χ1) is 13.1. The van der Waals surface area contributed by atoms with Crippen molar-refractivity contribution in [3.05, 3.63) is 60.7 Å². The van der Waals surface area contributed by atoms with E-state index in [0.717, 1.165) is 0 Å². The van der Waals surface area contributed by atoms with Crippen molar-refractivity contribution < 1.29 is 31.3 Å². The van der Waals surface area contributed by atoms with Crippen LogP contribution in [-0.2, 0) is 9.09 Å². The maximum Gasteiger partial charge on any atom is 0.587 e. The second-order valence-electron chi connectivity index (χ2n) is 6.81. The van der Waals surface area contributed by atoms with Gasteiger partial charge in [0, 0.05) is 6.42 Å². The third kappa shape index (κ3) is 7.70. The Kier molecular flexibility index (Phi) is 7.75. The Labute approximate surface area is 164 Å². The zero-order chi connectivity index (χ0) is 20.7. The minimum atomic E-state index is -4.23. The summed E-state index contributed by atoms with van der Waals surface area (Å²) in [7, 11) is -6.54. The highest BCUT2D eigenvalue weighted by atomic mass is 31.2. The predicted molar refractivity (Wildman–Crippen MR) is 105 cm³/mol. The van der Waals surface area contributed by atoms with Gasteiger partial charge < -0.3 is 9.05 Å². The Morgan fingerprint density at radius 1 is 0.929 bits per heavy atom. The summed E-state index contributed by atoms with van der Waals surface area (Å²) >= 11 is 0. The van der Waals surface area contributed by atoms with Gasteiger partial charge in [0.1, 0.15) is 11.5 Å². The van der Waals surface area contributed by atoms with Crippen LogP contribution in [0.3, 0.4) is 0 Å². The van der Waals surface area contributed by atoms with Crippen molar-refractivity contribution in [2.24, 2.45) is 0 Å². The Bertz CT molecular complexity index is 728. The lowest BCUT2D eigenvalue weighted by molar-refractivity contribution is -0.130. The molecule has 2 aromatic rings. The van der Waals surface area contributed by atoms with E-state index in [0.29, 0.717) is 6.04 Å². The molecule has 154 valence electrons. The molecule has 1 atom stereocenters. The van der Waals surface area contributed by atoms with E-state index >= 15 is 0 Å². The summed E-state index contributed by atoms with van der Waals surface area (Å²) in [4.78, 5) is 0. The number of benzene rings is 2. The molecule has 0 bridgehead atoms. The average Bonchev–Trinajstić information content (AvgIpc) is 2.66. The molecule has 0 aliphatic rings. The van der Waals surface area contributed by atoms with E-state index in [-0.39, 0.29) is 23.8 Å². The van der Waals surface area contributed by atoms with Gasteiger partial charge in [-0.15, -0.1) is 0 Å². The van der Waals surface area contributed by atoms with Gasteiger partial charge in [-0.05, 0) is 30.3 Å². The second-order valence-corrected chi connectivity index (χ2v) is 13.4. The molecule has 0 saturated carbocycles. The van der Waals surface area contributed by atoms with Crippen molar-refractivity contribution in [1.82, 2.24) is 0 Å². The minimum absolute atomic E-state index is 0.0102. The highest BCUT2D eigenvalue weighted by Crippen LogP contribution is 2.50. The van der Waals surface area contributed by atoms with Gasteiger partial charge in [-0.1, -0.05) is 55.9 Å².